The van der Waals surface area contributed by atoms with Crippen molar-refractivity contribution in [2.24, 2.45) is 0 Å². The molecule has 2 aromatic carbocycles. The maximum atomic E-state index is 11.9. The van der Waals surface area contributed by atoms with Crippen LogP contribution in [0.15, 0.2) is 53.0 Å². The number of nitrogens with one attached hydrogen (secondary N) is 1. The van der Waals surface area contributed by atoms with E-state index in [4.69, 9.17) is 4.74 Å². The fourth-order valence-corrected chi connectivity index (χ4v) is 2.88. The second kappa shape index (κ2) is 9.04. The van der Waals surface area contributed by atoms with Crippen LogP contribution in [0.1, 0.15) is 44.7 Å². The number of benzene rings is 2. The van der Waals surface area contributed by atoms with E-state index in [1.165, 1.54) is 5.56 Å². The highest BCUT2D eigenvalue weighted by molar-refractivity contribution is 9.10. The van der Waals surface area contributed by atoms with Crippen molar-refractivity contribution in [3.8, 4) is 5.75 Å². The van der Waals surface area contributed by atoms with Crippen LogP contribution in [-0.4, -0.2) is 12.5 Å². The van der Waals surface area contributed by atoms with Crippen LogP contribution in [0.2, 0.25) is 0 Å². The molecular formula is C21H26BrNO2. The molecule has 0 heterocycles. The Morgan fingerprint density at radius 2 is 1.84 bits per heavy atom. The monoisotopic (exact) mass is 403 g/mol. The molecule has 1 N–H and O–H groups in total. The molecule has 25 heavy (non-hydrogen) atoms. The van der Waals surface area contributed by atoms with Crippen LogP contribution in [0, 0.1) is 0 Å². The van der Waals surface area contributed by atoms with Crippen molar-refractivity contribution in [1.82, 2.24) is 5.32 Å². The summed E-state index contributed by atoms with van der Waals surface area (Å²) in [6.45, 7) is 7.64. The fraction of sp³-hybridized carbons (Fsp3) is 0.381. The number of ether oxygens (including phenoxy) is 1. The van der Waals surface area contributed by atoms with Gasteiger partial charge in [-0.2, -0.15) is 0 Å². The Bertz CT molecular complexity index is 693. The Morgan fingerprint density at radius 1 is 1.12 bits per heavy atom. The number of carbonyl (C=O) groups is 1. The summed E-state index contributed by atoms with van der Waals surface area (Å²) in [5.41, 5.74) is 2.47. The molecule has 0 unspecified atom stereocenters. The van der Waals surface area contributed by atoms with Crippen LogP contribution >= 0.6 is 15.9 Å². The van der Waals surface area contributed by atoms with Gasteiger partial charge in [-0.25, -0.2) is 0 Å². The average molecular weight is 404 g/mol. The molecule has 0 saturated carbocycles. The SMILES string of the molecule is CC(C)(C)c1ccc(OCCCC(=O)NCc2ccccc2)c(Br)c1. The normalized spacial score (nSPS) is 11.2. The van der Waals surface area contributed by atoms with E-state index < -0.39 is 0 Å². The molecule has 134 valence electrons. The van der Waals surface area contributed by atoms with E-state index in [9.17, 15) is 4.79 Å². The lowest BCUT2D eigenvalue weighted by Crippen LogP contribution is -2.22. The summed E-state index contributed by atoms with van der Waals surface area (Å²) in [7, 11) is 0. The van der Waals surface area contributed by atoms with Crippen molar-refractivity contribution < 1.29 is 9.53 Å². The summed E-state index contributed by atoms with van der Waals surface area (Å²) in [5, 5.41) is 2.93. The lowest BCUT2D eigenvalue weighted by molar-refractivity contribution is -0.121. The Morgan fingerprint density at radius 3 is 2.48 bits per heavy atom. The number of halogens is 1. The third-order valence-electron chi connectivity index (χ3n) is 3.94. The van der Waals surface area contributed by atoms with Gasteiger partial charge in [0, 0.05) is 13.0 Å². The summed E-state index contributed by atoms with van der Waals surface area (Å²) in [6, 6.07) is 16.1. The third-order valence-corrected chi connectivity index (χ3v) is 4.56. The zero-order valence-electron chi connectivity index (χ0n) is 15.1. The Kier molecular flexibility index (Phi) is 7.06. The highest BCUT2D eigenvalue weighted by Gasteiger charge is 2.15. The van der Waals surface area contributed by atoms with Gasteiger partial charge in [0.1, 0.15) is 5.75 Å². The van der Waals surface area contributed by atoms with E-state index >= 15 is 0 Å². The Labute approximate surface area is 158 Å². The molecule has 3 nitrogen and oxygen atoms in total. The molecule has 0 bridgehead atoms. The van der Waals surface area contributed by atoms with Crippen LogP contribution in [-0.2, 0) is 16.8 Å². The molecule has 0 fully saturated rings. The van der Waals surface area contributed by atoms with Gasteiger partial charge in [-0.3, -0.25) is 4.79 Å². The predicted octanol–water partition coefficient (Wildman–Crippen LogP) is 5.22. The van der Waals surface area contributed by atoms with E-state index in [-0.39, 0.29) is 11.3 Å². The molecule has 2 aromatic rings. The summed E-state index contributed by atoms with van der Waals surface area (Å²) in [5.74, 6) is 0.868. The Hall–Kier alpha value is -1.81. The molecule has 0 saturated heterocycles. The molecule has 0 radical (unpaired) electrons. The van der Waals surface area contributed by atoms with Crippen LogP contribution in [0.25, 0.3) is 0 Å². The molecule has 0 aliphatic carbocycles. The highest BCUT2D eigenvalue weighted by atomic mass is 79.9. The zero-order chi connectivity index (χ0) is 18.3. The largest absolute Gasteiger partial charge is 0.492 e. The lowest BCUT2D eigenvalue weighted by Gasteiger charge is -2.20. The lowest BCUT2D eigenvalue weighted by atomic mass is 9.87. The van der Waals surface area contributed by atoms with E-state index in [1.807, 2.05) is 36.4 Å². The van der Waals surface area contributed by atoms with Crippen LogP contribution in [0.4, 0.5) is 0 Å². The van der Waals surface area contributed by atoms with Crippen molar-refractivity contribution in [2.75, 3.05) is 6.61 Å². The van der Waals surface area contributed by atoms with Gasteiger partial charge >= 0.3 is 0 Å². The summed E-state index contributed by atoms with van der Waals surface area (Å²) in [4.78, 5) is 11.9. The number of amides is 1. The maximum Gasteiger partial charge on any atom is 0.220 e. The second-order valence-corrected chi connectivity index (χ2v) is 7.96. The minimum absolute atomic E-state index is 0.0506. The number of carbonyl (C=O) groups excluding carboxylic acids is 1. The van der Waals surface area contributed by atoms with Gasteiger partial charge in [0.25, 0.3) is 0 Å². The van der Waals surface area contributed by atoms with Gasteiger partial charge in [0.05, 0.1) is 11.1 Å². The summed E-state index contributed by atoms with van der Waals surface area (Å²) >= 11 is 3.57. The van der Waals surface area contributed by atoms with Crippen LogP contribution in [0.5, 0.6) is 5.75 Å². The molecule has 0 atom stereocenters. The third kappa shape index (κ3) is 6.54. The fourth-order valence-electron chi connectivity index (χ4n) is 2.38. The molecule has 0 aliphatic rings. The number of rotatable bonds is 7. The first-order valence-electron chi connectivity index (χ1n) is 8.60. The quantitative estimate of drug-likeness (QED) is 0.643. The second-order valence-electron chi connectivity index (χ2n) is 7.11. The molecular weight excluding hydrogens is 378 g/mol. The van der Waals surface area contributed by atoms with Crippen molar-refractivity contribution in [2.45, 2.75) is 45.6 Å². The van der Waals surface area contributed by atoms with Gasteiger partial charge < -0.3 is 10.1 Å². The molecule has 0 aromatic heterocycles. The van der Waals surface area contributed by atoms with E-state index in [0.717, 1.165) is 15.8 Å². The highest BCUT2D eigenvalue weighted by Crippen LogP contribution is 2.31. The number of hydrogen-bond acceptors (Lipinski definition) is 2. The first-order chi connectivity index (χ1) is 11.9. The minimum atomic E-state index is 0.0506. The maximum absolute atomic E-state index is 11.9. The topological polar surface area (TPSA) is 38.3 Å². The van der Waals surface area contributed by atoms with Crippen LogP contribution < -0.4 is 10.1 Å². The van der Waals surface area contributed by atoms with Crippen molar-refractivity contribution in [3.63, 3.8) is 0 Å². The van der Waals surface area contributed by atoms with E-state index in [1.54, 1.807) is 0 Å². The summed E-state index contributed by atoms with van der Waals surface area (Å²) in [6.07, 6.45) is 1.15. The first-order valence-corrected chi connectivity index (χ1v) is 9.39. The standard InChI is InChI=1S/C21H26BrNO2/c1-21(2,3)17-11-12-19(18(22)14-17)25-13-7-10-20(24)23-15-16-8-5-4-6-9-16/h4-6,8-9,11-12,14H,7,10,13,15H2,1-3H3,(H,23,24). The van der Waals surface area contributed by atoms with Crippen molar-refractivity contribution in [1.29, 1.82) is 0 Å². The zero-order valence-corrected chi connectivity index (χ0v) is 16.7. The molecule has 0 aliphatic heterocycles. The molecule has 0 spiro atoms. The molecule has 4 heteroatoms. The van der Waals surface area contributed by atoms with Gasteiger partial charge in [-0.1, -0.05) is 57.2 Å². The van der Waals surface area contributed by atoms with Crippen molar-refractivity contribution >= 4 is 21.8 Å². The predicted molar refractivity (Wildman–Crippen MR) is 106 cm³/mol. The van der Waals surface area contributed by atoms with Gasteiger partial charge in [0.2, 0.25) is 5.91 Å². The Balaban J connectivity index is 1.71. The molecule has 2 rings (SSSR count). The van der Waals surface area contributed by atoms with E-state index in [0.29, 0.717) is 26.0 Å². The van der Waals surface area contributed by atoms with E-state index in [2.05, 4.69) is 54.2 Å². The average Bonchev–Trinajstić information content (AvgIpc) is 2.58. The van der Waals surface area contributed by atoms with Gasteiger partial charge in [-0.15, -0.1) is 0 Å². The molecule has 1 amide bonds. The van der Waals surface area contributed by atoms with Crippen molar-refractivity contribution in [3.05, 3.63) is 64.1 Å². The minimum Gasteiger partial charge on any atom is -0.492 e. The van der Waals surface area contributed by atoms with Gasteiger partial charge in [0.15, 0.2) is 0 Å². The summed E-state index contributed by atoms with van der Waals surface area (Å²) < 4.78 is 6.74. The number of hydrogen-bond donors (Lipinski definition) is 1. The van der Waals surface area contributed by atoms with Gasteiger partial charge in [-0.05, 0) is 51.0 Å². The van der Waals surface area contributed by atoms with Crippen LogP contribution in [0.3, 0.4) is 0 Å². The first kappa shape index (κ1) is 19.5. The smallest absolute Gasteiger partial charge is 0.220 e.